The number of allylic oxidation sites excluding steroid dienone is 1. The largest absolute Gasteiger partial charge is 0.516 e. The van der Waals surface area contributed by atoms with E-state index in [0.717, 1.165) is 6.26 Å². The van der Waals surface area contributed by atoms with Gasteiger partial charge in [0, 0.05) is 7.85 Å². The molecule has 0 heterocycles. The van der Waals surface area contributed by atoms with Gasteiger partial charge in [0.15, 0.2) is 0 Å². The third-order valence-electron chi connectivity index (χ3n) is 1.73. The Morgan fingerprint density at radius 1 is 1.15 bits per heavy atom. The lowest BCUT2D eigenvalue weighted by atomic mass is 10.1. The first-order chi connectivity index (χ1) is 6.22. The molecule has 4 heteroatoms. The fourth-order valence-corrected chi connectivity index (χ4v) is 2.74. The summed E-state index contributed by atoms with van der Waals surface area (Å²) in [6.07, 6.45) is 8.27. The third-order valence-corrected chi connectivity index (χ3v) is 6.55. The summed E-state index contributed by atoms with van der Waals surface area (Å²) in [6, 6.07) is 0. The molecule has 13 heavy (non-hydrogen) atoms. The van der Waals surface area contributed by atoms with E-state index < -0.39 is 0 Å². The number of rotatable bonds is 7. The predicted octanol–water partition coefficient (Wildman–Crippen LogP) is 4.66. The molecule has 0 bridgehead atoms. The van der Waals surface area contributed by atoms with Gasteiger partial charge in [-0.3, -0.25) is 0 Å². The average molecular weight is 520 g/mol. The summed E-state index contributed by atoms with van der Waals surface area (Å²) in [5, 5.41) is 8.61. The summed E-state index contributed by atoms with van der Waals surface area (Å²) in [6.45, 7) is 0. The Morgan fingerprint density at radius 2 is 1.85 bits per heavy atom. The zero-order chi connectivity index (χ0) is 10.1. The summed E-state index contributed by atoms with van der Waals surface area (Å²) in [7, 11) is 0. The number of alkyl halides is 3. The highest BCUT2D eigenvalue weighted by Crippen LogP contribution is 2.22. The quantitative estimate of drug-likeness (QED) is 0.224. The monoisotopic (exact) mass is 520 g/mol. The Morgan fingerprint density at radius 3 is 2.38 bits per heavy atom. The molecule has 0 aliphatic carbocycles. The van der Waals surface area contributed by atoms with Gasteiger partial charge in [-0.1, -0.05) is 80.6 Å². The molecular formula is C9H15I3O. The van der Waals surface area contributed by atoms with E-state index in [2.05, 4.69) is 67.8 Å². The van der Waals surface area contributed by atoms with Crippen molar-refractivity contribution in [2.45, 2.75) is 33.5 Å². The molecule has 0 aliphatic rings. The van der Waals surface area contributed by atoms with Crippen molar-refractivity contribution in [2.24, 2.45) is 0 Å². The molecule has 0 rings (SSSR count). The molecule has 0 aromatic heterocycles. The van der Waals surface area contributed by atoms with E-state index in [0.29, 0.717) is 7.85 Å². The minimum Gasteiger partial charge on any atom is -0.516 e. The molecule has 0 aliphatic heterocycles. The molecule has 0 spiro atoms. The molecule has 0 fully saturated rings. The maximum absolute atomic E-state index is 8.61. The summed E-state index contributed by atoms with van der Waals surface area (Å²) in [4.78, 5) is 0. The Labute approximate surface area is 122 Å². The first-order valence-corrected chi connectivity index (χ1v) is 8.39. The number of aliphatic hydroxyl groups excluding tert-OH is 1. The van der Waals surface area contributed by atoms with Gasteiger partial charge in [0.05, 0.1) is 6.26 Å². The predicted molar refractivity (Wildman–Crippen MR) is 84.7 cm³/mol. The molecule has 0 radical (unpaired) electrons. The first kappa shape index (κ1) is 14.7. The Kier molecular flexibility index (Phi) is 11.6. The van der Waals surface area contributed by atoms with Crippen LogP contribution in [0.15, 0.2) is 12.3 Å². The lowest BCUT2D eigenvalue weighted by Crippen LogP contribution is -2.10. The van der Waals surface area contributed by atoms with Crippen LogP contribution in [-0.2, 0) is 0 Å². The van der Waals surface area contributed by atoms with Crippen molar-refractivity contribution in [2.75, 3.05) is 4.43 Å². The van der Waals surface area contributed by atoms with E-state index in [1.54, 1.807) is 0 Å². The molecule has 0 aromatic rings. The van der Waals surface area contributed by atoms with Crippen molar-refractivity contribution in [3.05, 3.63) is 12.3 Å². The molecular weight excluding hydrogens is 505 g/mol. The van der Waals surface area contributed by atoms with Gasteiger partial charge in [-0.15, -0.1) is 0 Å². The molecule has 0 amide bonds. The van der Waals surface area contributed by atoms with Crippen molar-refractivity contribution < 1.29 is 5.11 Å². The second-order valence-corrected chi connectivity index (χ2v) is 6.96. The smallest absolute Gasteiger partial charge is 0.0762 e. The van der Waals surface area contributed by atoms with Gasteiger partial charge in [-0.2, -0.15) is 0 Å². The highest BCUT2D eigenvalue weighted by Gasteiger charge is 2.11. The summed E-state index contributed by atoms with van der Waals surface area (Å²) < 4.78 is 2.38. The van der Waals surface area contributed by atoms with Crippen molar-refractivity contribution in [1.29, 1.82) is 0 Å². The Balaban J connectivity index is 3.43. The number of unbranched alkanes of at least 4 members (excludes halogenated alkanes) is 2. The summed E-state index contributed by atoms with van der Waals surface area (Å²) in [5.41, 5.74) is 0. The van der Waals surface area contributed by atoms with Gasteiger partial charge in [-0.25, -0.2) is 0 Å². The average Bonchev–Trinajstić information content (AvgIpc) is 2.12. The second-order valence-electron chi connectivity index (χ2n) is 2.84. The van der Waals surface area contributed by atoms with Gasteiger partial charge in [0.2, 0.25) is 0 Å². The number of hydrogen-bond acceptors (Lipinski definition) is 1. The fraction of sp³-hybridized carbons (Fsp3) is 0.778. The summed E-state index contributed by atoms with van der Waals surface area (Å²) in [5.74, 6) is 0. The highest BCUT2D eigenvalue weighted by molar-refractivity contribution is 14.1. The van der Waals surface area contributed by atoms with Gasteiger partial charge in [0.25, 0.3) is 0 Å². The van der Waals surface area contributed by atoms with Gasteiger partial charge < -0.3 is 5.11 Å². The second kappa shape index (κ2) is 10.3. The zero-order valence-electron chi connectivity index (χ0n) is 7.43. The molecule has 1 N–H and O–H groups in total. The van der Waals surface area contributed by atoms with Crippen LogP contribution in [0.1, 0.15) is 25.7 Å². The standard InChI is InChI=1S/C9H15I3O/c10-6-3-1-2-4-8(11)9(12)5-7-13/h5,7-9,13H,1-4,6H2. The molecule has 78 valence electrons. The number of aliphatic hydroxyl groups is 1. The van der Waals surface area contributed by atoms with Crippen LogP contribution < -0.4 is 0 Å². The van der Waals surface area contributed by atoms with Crippen LogP contribution in [0.3, 0.4) is 0 Å². The molecule has 2 unspecified atom stereocenters. The van der Waals surface area contributed by atoms with Crippen LogP contribution in [0.5, 0.6) is 0 Å². The lowest BCUT2D eigenvalue weighted by molar-refractivity contribution is 0.471. The van der Waals surface area contributed by atoms with Crippen LogP contribution in [0.25, 0.3) is 0 Å². The fourth-order valence-electron chi connectivity index (χ4n) is 0.973. The van der Waals surface area contributed by atoms with Crippen LogP contribution in [0, 0.1) is 0 Å². The number of hydrogen-bond donors (Lipinski definition) is 1. The van der Waals surface area contributed by atoms with E-state index in [-0.39, 0.29) is 0 Å². The Hall–Kier alpha value is 1.73. The van der Waals surface area contributed by atoms with Gasteiger partial charge in [-0.05, 0) is 23.3 Å². The van der Waals surface area contributed by atoms with Gasteiger partial charge in [0.1, 0.15) is 0 Å². The lowest BCUT2D eigenvalue weighted by Gasteiger charge is -2.12. The van der Waals surface area contributed by atoms with Crippen molar-refractivity contribution in [3.63, 3.8) is 0 Å². The SMILES string of the molecule is OC=CC(I)C(I)CCCCCI. The van der Waals surface area contributed by atoms with E-state index >= 15 is 0 Å². The Bertz CT molecular complexity index is 139. The molecule has 0 aromatic carbocycles. The number of halogens is 3. The van der Waals surface area contributed by atoms with Crippen LogP contribution in [0.2, 0.25) is 0 Å². The molecule has 1 nitrogen and oxygen atoms in total. The van der Waals surface area contributed by atoms with E-state index in [1.807, 2.05) is 6.08 Å². The van der Waals surface area contributed by atoms with Crippen LogP contribution >= 0.6 is 67.8 Å². The maximum atomic E-state index is 8.61. The van der Waals surface area contributed by atoms with Crippen LogP contribution in [0.4, 0.5) is 0 Å². The van der Waals surface area contributed by atoms with Crippen molar-refractivity contribution >= 4 is 67.8 Å². The third kappa shape index (κ3) is 8.71. The van der Waals surface area contributed by atoms with Gasteiger partial charge >= 0.3 is 0 Å². The topological polar surface area (TPSA) is 20.2 Å². The van der Waals surface area contributed by atoms with Crippen LogP contribution in [-0.4, -0.2) is 17.4 Å². The van der Waals surface area contributed by atoms with Crippen molar-refractivity contribution in [1.82, 2.24) is 0 Å². The maximum Gasteiger partial charge on any atom is 0.0762 e. The minimum absolute atomic E-state index is 0.461. The zero-order valence-corrected chi connectivity index (χ0v) is 13.9. The van der Waals surface area contributed by atoms with E-state index in [1.165, 1.54) is 30.1 Å². The molecule has 0 saturated heterocycles. The summed E-state index contributed by atoms with van der Waals surface area (Å²) >= 11 is 7.27. The van der Waals surface area contributed by atoms with Crippen molar-refractivity contribution in [3.8, 4) is 0 Å². The first-order valence-electron chi connectivity index (χ1n) is 4.37. The highest BCUT2D eigenvalue weighted by atomic mass is 127. The minimum atomic E-state index is 0.461. The normalized spacial score (nSPS) is 16.2. The van der Waals surface area contributed by atoms with E-state index in [9.17, 15) is 0 Å². The molecule has 2 atom stereocenters. The van der Waals surface area contributed by atoms with E-state index in [4.69, 9.17) is 5.11 Å². The molecule has 0 saturated carbocycles.